The van der Waals surface area contributed by atoms with Gasteiger partial charge in [-0.1, -0.05) is 51.7 Å². The van der Waals surface area contributed by atoms with Crippen LogP contribution < -0.4 is 15.4 Å². The molecule has 3 rings (SSSR count). The largest absolute Gasteiger partial charge is 0.399 e. The Hall–Kier alpha value is -2.09. The van der Waals surface area contributed by atoms with Crippen molar-refractivity contribution in [3.8, 4) is 0 Å². The summed E-state index contributed by atoms with van der Waals surface area (Å²) in [6.07, 6.45) is 3.72. The molecule has 0 aliphatic carbocycles. The lowest BCUT2D eigenvalue weighted by atomic mass is 9.73. The average Bonchev–Trinajstić information content (AvgIpc) is 2.82. The smallest absolute Gasteiger partial charge is 0.241 e. The van der Waals surface area contributed by atoms with Crippen molar-refractivity contribution in [1.82, 2.24) is 4.72 Å². The van der Waals surface area contributed by atoms with Crippen LogP contribution >= 0.6 is 0 Å². The number of hydrogen-bond donors (Lipinski definition) is 3. The second-order valence-corrected chi connectivity index (χ2v) is 10.8. The summed E-state index contributed by atoms with van der Waals surface area (Å²) in [5, 5.41) is 12.0. The quantitative estimate of drug-likeness (QED) is 0.513. The molecule has 2 aromatic rings. The lowest BCUT2D eigenvalue weighted by Gasteiger charge is -2.40. The van der Waals surface area contributed by atoms with Gasteiger partial charge in [0.15, 0.2) is 0 Å². The van der Waals surface area contributed by atoms with Gasteiger partial charge in [-0.3, -0.25) is 0 Å². The van der Waals surface area contributed by atoms with E-state index in [1.807, 2.05) is 49.3 Å². The van der Waals surface area contributed by atoms with Crippen LogP contribution in [0.15, 0.2) is 47.4 Å². The summed E-state index contributed by atoms with van der Waals surface area (Å²) < 4.78 is 30.3. The van der Waals surface area contributed by atoms with E-state index in [1.165, 1.54) is 0 Å². The molecule has 2 unspecified atom stereocenters. The zero-order valence-electron chi connectivity index (χ0n) is 19.6. The van der Waals surface area contributed by atoms with Crippen molar-refractivity contribution in [1.29, 1.82) is 0 Å². The molecule has 7 heteroatoms. The van der Waals surface area contributed by atoms with E-state index in [2.05, 4.69) is 18.6 Å². The molecule has 1 heterocycles. The number of nitrogens with two attached hydrogens (primary N) is 1. The number of unbranched alkanes of at least 4 members (excludes halogenated alkanes) is 2. The Labute approximate surface area is 192 Å². The molecule has 2 aromatic carbocycles. The molecule has 176 valence electrons. The summed E-state index contributed by atoms with van der Waals surface area (Å²) in [6.45, 7) is 4.16. The highest BCUT2D eigenvalue weighted by Crippen LogP contribution is 2.44. The van der Waals surface area contributed by atoms with Crippen molar-refractivity contribution >= 4 is 21.4 Å². The first-order valence-corrected chi connectivity index (χ1v) is 13.0. The lowest BCUT2D eigenvalue weighted by molar-refractivity contribution is 0.0470. The Morgan fingerprint density at radius 3 is 2.28 bits per heavy atom. The first-order chi connectivity index (χ1) is 15.1. The van der Waals surface area contributed by atoms with E-state index in [0.29, 0.717) is 24.1 Å². The number of sulfonamides is 1. The molecule has 0 aromatic heterocycles. The minimum absolute atomic E-state index is 0.226. The van der Waals surface area contributed by atoms with Crippen LogP contribution in [0.5, 0.6) is 0 Å². The fraction of sp³-hybridized carbons (Fsp3) is 0.520. The number of rotatable bonds is 8. The van der Waals surface area contributed by atoms with Gasteiger partial charge in [0.25, 0.3) is 0 Å². The second-order valence-electron chi connectivity index (χ2n) is 9.18. The first kappa shape index (κ1) is 24.6. The maximum Gasteiger partial charge on any atom is 0.241 e. The Morgan fingerprint density at radius 2 is 1.72 bits per heavy atom. The van der Waals surface area contributed by atoms with Gasteiger partial charge in [-0.15, -0.1) is 0 Å². The van der Waals surface area contributed by atoms with Crippen LogP contribution in [-0.4, -0.2) is 39.3 Å². The van der Waals surface area contributed by atoms with Crippen molar-refractivity contribution in [2.24, 2.45) is 0 Å². The fourth-order valence-electron chi connectivity index (χ4n) is 4.80. The normalized spacial score (nSPS) is 21.5. The maximum absolute atomic E-state index is 13.6. The number of benzene rings is 2. The molecular weight excluding hydrogens is 422 g/mol. The summed E-state index contributed by atoms with van der Waals surface area (Å²) in [6, 6.07) is 12.8. The summed E-state index contributed by atoms with van der Waals surface area (Å²) in [4.78, 5) is 2.17. The van der Waals surface area contributed by atoms with Gasteiger partial charge in [0.05, 0.1) is 16.5 Å². The van der Waals surface area contributed by atoms with Crippen molar-refractivity contribution in [3.05, 3.63) is 53.6 Å². The molecule has 0 saturated heterocycles. The molecule has 6 nitrogen and oxygen atoms in total. The zero-order chi connectivity index (χ0) is 23.5. The molecule has 4 N–H and O–H groups in total. The zero-order valence-corrected chi connectivity index (χ0v) is 20.5. The molecule has 2 atom stereocenters. The molecule has 0 spiro atoms. The van der Waals surface area contributed by atoms with Crippen molar-refractivity contribution in [2.45, 2.75) is 74.8 Å². The number of nitrogens with zero attached hydrogens (tertiary/aromatic N) is 1. The van der Waals surface area contributed by atoms with E-state index >= 15 is 0 Å². The number of nitrogens with one attached hydrogen (secondary N) is 1. The topological polar surface area (TPSA) is 95.7 Å². The molecule has 0 bridgehead atoms. The van der Waals surface area contributed by atoms with Gasteiger partial charge >= 0.3 is 0 Å². The second kappa shape index (κ2) is 9.81. The molecule has 0 radical (unpaired) electrons. The van der Waals surface area contributed by atoms with Gasteiger partial charge in [-0.2, -0.15) is 0 Å². The SMILES string of the molecule is CCCCC1(CCCC)NS(=O)(=O)c2ccc(N(C)C)cc2C(c2cccc(N)c2)C1O. The predicted octanol–water partition coefficient (Wildman–Crippen LogP) is 4.24. The number of aliphatic hydroxyl groups excluding tert-OH is 1. The van der Waals surface area contributed by atoms with Gasteiger partial charge in [0.1, 0.15) is 0 Å². The summed E-state index contributed by atoms with van der Waals surface area (Å²) in [5.74, 6) is -0.521. The van der Waals surface area contributed by atoms with E-state index < -0.39 is 27.6 Å². The standard InChI is InChI=1S/C25H37N3O3S/c1-5-7-14-25(15-8-6-2)24(29)23(18-10-9-11-19(26)16-18)21-17-20(28(3)4)12-13-22(21)32(30,31)27-25/h9-13,16-17,23-24,27,29H,5-8,14-15,26H2,1-4H3. The summed E-state index contributed by atoms with van der Waals surface area (Å²) in [5.41, 5.74) is 8.07. The third-order valence-corrected chi connectivity index (χ3v) is 8.20. The average molecular weight is 460 g/mol. The molecular formula is C25H37N3O3S. The van der Waals surface area contributed by atoms with Gasteiger partial charge in [0.2, 0.25) is 10.0 Å². The highest BCUT2D eigenvalue weighted by Gasteiger charge is 2.49. The van der Waals surface area contributed by atoms with Crippen LogP contribution in [0.3, 0.4) is 0 Å². The number of anilines is 2. The van der Waals surface area contributed by atoms with Crippen LogP contribution in [0.25, 0.3) is 0 Å². The molecule has 0 saturated carbocycles. The van der Waals surface area contributed by atoms with E-state index in [0.717, 1.165) is 36.9 Å². The Bertz CT molecular complexity index is 1030. The Morgan fingerprint density at radius 1 is 1.06 bits per heavy atom. The van der Waals surface area contributed by atoms with Gasteiger partial charge in [0, 0.05) is 31.4 Å². The predicted molar refractivity (Wildman–Crippen MR) is 132 cm³/mol. The lowest BCUT2D eigenvalue weighted by Crippen LogP contribution is -2.56. The minimum Gasteiger partial charge on any atom is -0.399 e. The van der Waals surface area contributed by atoms with E-state index in [9.17, 15) is 13.5 Å². The van der Waals surface area contributed by atoms with Crippen molar-refractivity contribution < 1.29 is 13.5 Å². The van der Waals surface area contributed by atoms with Crippen molar-refractivity contribution in [2.75, 3.05) is 24.7 Å². The molecule has 1 aliphatic rings. The fourth-order valence-corrected chi connectivity index (χ4v) is 6.51. The van der Waals surface area contributed by atoms with Gasteiger partial charge in [-0.05, 0) is 54.3 Å². The highest BCUT2D eigenvalue weighted by atomic mass is 32.2. The Balaban J connectivity index is 2.31. The molecule has 32 heavy (non-hydrogen) atoms. The number of fused-ring (bicyclic) bond motifs is 1. The van der Waals surface area contributed by atoms with E-state index in [4.69, 9.17) is 5.73 Å². The van der Waals surface area contributed by atoms with Crippen LogP contribution in [0.1, 0.15) is 69.4 Å². The summed E-state index contributed by atoms with van der Waals surface area (Å²) >= 11 is 0. The van der Waals surface area contributed by atoms with E-state index in [-0.39, 0.29) is 4.90 Å². The Kier molecular flexibility index (Phi) is 7.53. The summed E-state index contributed by atoms with van der Waals surface area (Å²) in [7, 11) is 0.00796. The maximum atomic E-state index is 13.6. The van der Waals surface area contributed by atoms with Gasteiger partial charge < -0.3 is 15.7 Å². The van der Waals surface area contributed by atoms with Crippen molar-refractivity contribution in [3.63, 3.8) is 0 Å². The van der Waals surface area contributed by atoms with Crippen LogP contribution in [-0.2, 0) is 10.0 Å². The monoisotopic (exact) mass is 459 g/mol. The van der Waals surface area contributed by atoms with Crippen LogP contribution in [0.2, 0.25) is 0 Å². The number of aliphatic hydroxyl groups is 1. The number of nitrogen functional groups attached to an aromatic ring is 1. The van der Waals surface area contributed by atoms with E-state index in [1.54, 1.807) is 12.1 Å². The number of hydrogen-bond acceptors (Lipinski definition) is 5. The first-order valence-electron chi connectivity index (χ1n) is 11.5. The third kappa shape index (κ3) is 4.80. The highest BCUT2D eigenvalue weighted by molar-refractivity contribution is 7.89. The molecule has 0 amide bonds. The van der Waals surface area contributed by atoms with Crippen LogP contribution in [0.4, 0.5) is 11.4 Å². The third-order valence-electron chi connectivity index (χ3n) is 6.58. The molecule has 0 fully saturated rings. The van der Waals surface area contributed by atoms with Crippen LogP contribution in [0, 0.1) is 0 Å². The molecule has 1 aliphatic heterocycles. The van der Waals surface area contributed by atoms with Gasteiger partial charge in [-0.25, -0.2) is 13.1 Å². The minimum atomic E-state index is -3.83.